The lowest BCUT2D eigenvalue weighted by atomic mass is 9.96. The highest BCUT2D eigenvalue weighted by Crippen LogP contribution is 2.38. The Balaban J connectivity index is 1.98. The zero-order valence-electron chi connectivity index (χ0n) is 15.1. The molecule has 0 amide bonds. The van der Waals surface area contributed by atoms with Crippen LogP contribution >= 0.6 is 0 Å². The van der Waals surface area contributed by atoms with Crippen LogP contribution in [0.1, 0.15) is 22.3 Å². The molecule has 1 aromatic heterocycles. The van der Waals surface area contributed by atoms with Crippen molar-refractivity contribution in [3.8, 4) is 22.8 Å². The highest BCUT2D eigenvalue weighted by atomic mass is 19.3. The van der Waals surface area contributed by atoms with Crippen molar-refractivity contribution in [1.29, 1.82) is 0 Å². The summed E-state index contributed by atoms with van der Waals surface area (Å²) in [5.41, 5.74) is 1.49. The summed E-state index contributed by atoms with van der Waals surface area (Å²) in [6, 6.07) is 5.01. The maximum atomic E-state index is 12.2. The normalized spacial score (nSPS) is 12.1. The van der Waals surface area contributed by atoms with Gasteiger partial charge in [0.05, 0.1) is 19.4 Å². The van der Waals surface area contributed by atoms with Crippen LogP contribution in [0.25, 0.3) is 11.3 Å². The first kappa shape index (κ1) is 18.9. The summed E-state index contributed by atoms with van der Waals surface area (Å²) < 4.78 is 30.1. The van der Waals surface area contributed by atoms with Crippen molar-refractivity contribution in [3.05, 3.63) is 45.7 Å². The maximum Gasteiger partial charge on any atom is 0.384 e. The Morgan fingerprint density at radius 3 is 2.70 bits per heavy atom. The molecule has 0 saturated carbocycles. The van der Waals surface area contributed by atoms with Crippen LogP contribution in [0.3, 0.4) is 0 Å². The molecular formula is C19H20FNO6. The van der Waals surface area contributed by atoms with Crippen molar-refractivity contribution in [3.63, 3.8) is 0 Å². The second kappa shape index (κ2) is 8.22. The minimum Gasteiger partial charge on any atom is -0.493 e. The van der Waals surface area contributed by atoms with Gasteiger partial charge in [-0.15, -0.1) is 0 Å². The van der Waals surface area contributed by atoms with E-state index in [4.69, 9.17) is 14.2 Å². The number of halogens is 1. The van der Waals surface area contributed by atoms with Crippen molar-refractivity contribution < 1.29 is 28.5 Å². The van der Waals surface area contributed by atoms with Crippen LogP contribution < -0.4 is 14.9 Å². The fourth-order valence-electron chi connectivity index (χ4n) is 3.13. The van der Waals surface area contributed by atoms with Gasteiger partial charge in [0.15, 0.2) is 16.9 Å². The lowest BCUT2D eigenvalue weighted by Crippen LogP contribution is -2.22. The van der Waals surface area contributed by atoms with Gasteiger partial charge in [-0.3, -0.25) is 4.79 Å². The zero-order valence-corrected chi connectivity index (χ0v) is 15.1. The Morgan fingerprint density at radius 2 is 2.00 bits per heavy atom. The van der Waals surface area contributed by atoms with E-state index in [0.29, 0.717) is 43.4 Å². The lowest BCUT2D eigenvalue weighted by Gasteiger charge is -2.24. The molecule has 1 aliphatic rings. The highest BCUT2D eigenvalue weighted by molar-refractivity contribution is 5.89. The molecule has 0 atom stereocenters. The van der Waals surface area contributed by atoms with E-state index in [-0.39, 0.29) is 5.56 Å². The molecule has 1 aliphatic heterocycles. The molecule has 3 rings (SSSR count). The molecule has 27 heavy (non-hydrogen) atoms. The number of pyridine rings is 1. The number of benzene rings is 1. The first-order valence-corrected chi connectivity index (χ1v) is 8.49. The van der Waals surface area contributed by atoms with Crippen molar-refractivity contribution in [2.75, 3.05) is 27.4 Å². The molecule has 0 saturated heterocycles. The quantitative estimate of drug-likeness (QED) is 0.691. The smallest absolute Gasteiger partial charge is 0.384 e. The van der Waals surface area contributed by atoms with Gasteiger partial charge in [-0.25, -0.2) is 9.74 Å². The van der Waals surface area contributed by atoms with E-state index in [9.17, 15) is 14.1 Å². The number of rotatable bonds is 7. The Labute approximate surface area is 155 Å². The van der Waals surface area contributed by atoms with Crippen LogP contribution in [0.5, 0.6) is 11.5 Å². The fourth-order valence-corrected chi connectivity index (χ4v) is 3.13. The molecule has 2 heterocycles. The predicted octanol–water partition coefficient (Wildman–Crippen LogP) is 2.54. The Morgan fingerprint density at radius 1 is 1.19 bits per heavy atom. The molecule has 0 aliphatic carbocycles. The molecule has 8 heteroatoms. The molecule has 144 valence electrons. The van der Waals surface area contributed by atoms with Gasteiger partial charge >= 0.3 is 5.97 Å². The van der Waals surface area contributed by atoms with Crippen molar-refractivity contribution >= 4 is 5.97 Å². The minimum absolute atomic E-state index is 0.338. The Bertz CT molecular complexity index is 908. The summed E-state index contributed by atoms with van der Waals surface area (Å²) in [6.07, 6.45) is 2.74. The lowest BCUT2D eigenvalue weighted by molar-refractivity contribution is -0.0789. The van der Waals surface area contributed by atoms with Gasteiger partial charge in [0, 0.05) is 49.0 Å². The number of hydrogen-bond donors (Lipinski definition) is 0. The SMILES string of the molecule is COCCCOc1cc2c(cc1OC)-c1cc(=O)c(C(=O)OF)cn1CC2. The summed E-state index contributed by atoms with van der Waals surface area (Å²) in [4.78, 5) is 26.8. The Kier molecular flexibility index (Phi) is 5.75. The van der Waals surface area contributed by atoms with E-state index >= 15 is 0 Å². The van der Waals surface area contributed by atoms with Gasteiger partial charge in [-0.05, 0) is 24.1 Å². The number of ether oxygens (including phenoxy) is 3. The molecule has 0 fully saturated rings. The third-order valence-electron chi connectivity index (χ3n) is 4.46. The summed E-state index contributed by atoms with van der Waals surface area (Å²) >= 11 is 0. The highest BCUT2D eigenvalue weighted by Gasteiger charge is 2.23. The number of aromatic nitrogens is 1. The van der Waals surface area contributed by atoms with Crippen molar-refractivity contribution in [1.82, 2.24) is 4.57 Å². The van der Waals surface area contributed by atoms with Crippen LogP contribution in [0.4, 0.5) is 4.53 Å². The van der Waals surface area contributed by atoms with E-state index in [2.05, 4.69) is 4.94 Å². The fraction of sp³-hybridized carbons (Fsp3) is 0.368. The largest absolute Gasteiger partial charge is 0.493 e. The number of fused-ring (bicyclic) bond motifs is 3. The first-order chi connectivity index (χ1) is 13.1. The predicted molar refractivity (Wildman–Crippen MR) is 94.9 cm³/mol. The number of nitrogens with zero attached hydrogens (tertiary/aromatic N) is 1. The maximum absolute atomic E-state index is 12.2. The number of hydrogen-bond acceptors (Lipinski definition) is 6. The second-order valence-corrected chi connectivity index (χ2v) is 6.10. The van der Waals surface area contributed by atoms with Crippen molar-refractivity contribution in [2.45, 2.75) is 19.4 Å². The van der Waals surface area contributed by atoms with Gasteiger partial charge in [-0.2, -0.15) is 0 Å². The molecular weight excluding hydrogens is 357 g/mol. The monoisotopic (exact) mass is 377 g/mol. The van der Waals surface area contributed by atoms with Gasteiger partial charge < -0.3 is 18.8 Å². The van der Waals surface area contributed by atoms with Gasteiger partial charge in [-0.1, -0.05) is 0 Å². The number of carbonyl (C=O) groups is 1. The molecule has 7 nitrogen and oxygen atoms in total. The van der Waals surface area contributed by atoms with Gasteiger partial charge in [0.25, 0.3) is 0 Å². The third-order valence-corrected chi connectivity index (χ3v) is 4.46. The second-order valence-electron chi connectivity index (χ2n) is 6.10. The van der Waals surface area contributed by atoms with E-state index in [1.807, 2.05) is 6.07 Å². The third kappa shape index (κ3) is 3.80. The van der Waals surface area contributed by atoms with Crippen LogP contribution in [0.15, 0.2) is 29.2 Å². The summed E-state index contributed by atoms with van der Waals surface area (Å²) in [7, 11) is 3.18. The van der Waals surface area contributed by atoms with E-state index < -0.39 is 11.4 Å². The van der Waals surface area contributed by atoms with E-state index in [1.54, 1.807) is 24.9 Å². The molecule has 0 unspecified atom stereocenters. The molecule has 1 aromatic carbocycles. The Hall–Kier alpha value is -2.87. The zero-order chi connectivity index (χ0) is 19.4. The number of aryl methyl sites for hydroxylation is 2. The van der Waals surface area contributed by atoms with Crippen LogP contribution in [0, 0.1) is 0 Å². The minimum atomic E-state index is -1.29. The summed E-state index contributed by atoms with van der Waals surface area (Å²) in [5.74, 6) is -0.126. The standard InChI is InChI=1S/C19H20FNO6/c1-24-6-3-7-26-18-8-12-4-5-21-11-14(19(23)27-20)16(22)10-15(21)13(12)9-17(18)25-2/h8-11H,3-7H2,1-2H3. The van der Waals surface area contributed by atoms with Gasteiger partial charge in [0.1, 0.15) is 5.56 Å². The molecule has 0 bridgehead atoms. The van der Waals surface area contributed by atoms with E-state index in [0.717, 1.165) is 17.5 Å². The number of methoxy groups -OCH3 is 2. The van der Waals surface area contributed by atoms with Crippen LogP contribution in [-0.2, 0) is 22.6 Å². The van der Waals surface area contributed by atoms with E-state index in [1.165, 1.54) is 12.3 Å². The van der Waals surface area contributed by atoms with Crippen LogP contribution in [-0.4, -0.2) is 38.0 Å². The molecule has 0 radical (unpaired) electrons. The average molecular weight is 377 g/mol. The molecule has 0 spiro atoms. The average Bonchev–Trinajstić information content (AvgIpc) is 2.69. The van der Waals surface area contributed by atoms with Crippen molar-refractivity contribution in [2.24, 2.45) is 0 Å². The molecule has 0 N–H and O–H groups in total. The van der Waals surface area contributed by atoms with Gasteiger partial charge in [0.2, 0.25) is 0 Å². The molecule has 2 aromatic rings. The summed E-state index contributed by atoms with van der Waals surface area (Å²) in [6.45, 7) is 1.63. The topological polar surface area (TPSA) is 76.0 Å². The van der Waals surface area contributed by atoms with Crippen LogP contribution in [0.2, 0.25) is 0 Å². The summed E-state index contributed by atoms with van der Waals surface area (Å²) in [5, 5.41) is 0. The number of carbonyl (C=O) groups excluding carboxylic acids is 1. The first-order valence-electron chi connectivity index (χ1n) is 8.49.